The minimum absolute atomic E-state index is 0. The summed E-state index contributed by atoms with van der Waals surface area (Å²) in [6.07, 6.45) is -0.146. The summed E-state index contributed by atoms with van der Waals surface area (Å²) in [5.74, 6) is -0.103. The molecule has 0 fully saturated rings. The van der Waals surface area contributed by atoms with Crippen molar-refractivity contribution in [3.8, 4) is 5.75 Å². The second kappa shape index (κ2) is 9.20. The number of primary amides is 1. The van der Waals surface area contributed by atoms with Crippen LogP contribution in [-0.2, 0) is 16.1 Å². The fraction of sp³-hybridized carbons (Fsp3) is 0.429. The van der Waals surface area contributed by atoms with Crippen LogP contribution < -0.4 is 16.2 Å². The molecule has 0 saturated carbocycles. The quantitative estimate of drug-likeness (QED) is 0.772. The van der Waals surface area contributed by atoms with E-state index in [1.54, 1.807) is 7.05 Å². The molecule has 4 N–H and O–H groups in total. The number of nitrogens with two attached hydrogens (primary N) is 2. The number of amides is 2. The van der Waals surface area contributed by atoms with Crippen molar-refractivity contribution in [2.75, 3.05) is 13.7 Å². The molecule has 0 heterocycles. The number of likely N-dealkylation sites (N-methyl/N-ethyl adjacent to an activating group) is 1. The number of nitrogens with zero attached hydrogens (tertiary/aromatic N) is 1. The van der Waals surface area contributed by atoms with Gasteiger partial charge in [0.25, 0.3) is 0 Å². The molecule has 1 unspecified atom stereocenters. The highest BCUT2D eigenvalue weighted by atomic mass is 35.5. The molecule has 0 saturated heterocycles. The van der Waals surface area contributed by atoms with Gasteiger partial charge in [-0.25, -0.2) is 0 Å². The van der Waals surface area contributed by atoms with Gasteiger partial charge in [-0.3, -0.25) is 9.59 Å². The Morgan fingerprint density at radius 1 is 1.29 bits per heavy atom. The second-order valence-electron chi connectivity index (χ2n) is 4.55. The maximum absolute atomic E-state index is 11.9. The van der Waals surface area contributed by atoms with Gasteiger partial charge in [0, 0.05) is 13.6 Å². The molecule has 0 bridgehead atoms. The third-order valence-corrected chi connectivity index (χ3v) is 2.77. The lowest BCUT2D eigenvalue weighted by Crippen LogP contribution is -2.43. The first-order valence-electron chi connectivity index (χ1n) is 6.44. The first-order chi connectivity index (χ1) is 9.43. The molecule has 1 aromatic rings. The van der Waals surface area contributed by atoms with Crippen LogP contribution in [0.1, 0.15) is 18.9 Å². The first-order valence-corrected chi connectivity index (χ1v) is 6.44. The van der Waals surface area contributed by atoms with E-state index in [2.05, 4.69) is 0 Å². The second-order valence-corrected chi connectivity index (χ2v) is 4.55. The topological polar surface area (TPSA) is 98.7 Å². The summed E-state index contributed by atoms with van der Waals surface area (Å²) in [5.41, 5.74) is 11.6. The number of hydrogen-bond acceptors (Lipinski definition) is 4. The fourth-order valence-electron chi connectivity index (χ4n) is 1.80. The Balaban J connectivity index is 0.00000400. The van der Waals surface area contributed by atoms with Crippen LogP contribution in [-0.4, -0.2) is 36.4 Å². The Bertz CT molecular complexity index is 465. The summed E-state index contributed by atoms with van der Waals surface area (Å²) in [5, 5.41) is 0. The molecule has 21 heavy (non-hydrogen) atoms. The van der Waals surface area contributed by atoms with Gasteiger partial charge in [-0.2, -0.15) is 0 Å². The van der Waals surface area contributed by atoms with Crippen molar-refractivity contribution >= 4 is 24.2 Å². The summed E-state index contributed by atoms with van der Waals surface area (Å²) in [6.45, 7) is 2.94. The molecule has 118 valence electrons. The molecule has 1 rings (SSSR count). The lowest BCUT2D eigenvalue weighted by atomic mass is 10.1. The maximum Gasteiger partial charge on any atom is 0.240 e. The number of hydrogen-bond donors (Lipinski definition) is 2. The number of carbonyl (C=O) groups is 2. The van der Waals surface area contributed by atoms with Crippen LogP contribution in [0.15, 0.2) is 24.3 Å². The third-order valence-electron chi connectivity index (χ3n) is 2.77. The van der Waals surface area contributed by atoms with E-state index in [-0.39, 0.29) is 24.7 Å². The summed E-state index contributed by atoms with van der Waals surface area (Å²) in [6, 6.07) is 6.57. The Labute approximate surface area is 130 Å². The smallest absolute Gasteiger partial charge is 0.240 e. The van der Waals surface area contributed by atoms with Gasteiger partial charge in [-0.15, -0.1) is 12.4 Å². The maximum atomic E-state index is 11.9. The molecule has 0 aromatic heterocycles. The molecule has 0 aliphatic heterocycles. The van der Waals surface area contributed by atoms with E-state index in [1.165, 1.54) is 4.90 Å². The van der Waals surface area contributed by atoms with E-state index >= 15 is 0 Å². The third kappa shape index (κ3) is 6.46. The fourth-order valence-corrected chi connectivity index (χ4v) is 1.80. The largest absolute Gasteiger partial charge is 0.494 e. The van der Waals surface area contributed by atoms with Gasteiger partial charge in [0.15, 0.2) is 0 Å². The van der Waals surface area contributed by atoms with E-state index in [4.69, 9.17) is 16.2 Å². The van der Waals surface area contributed by atoms with Gasteiger partial charge in [0.1, 0.15) is 5.75 Å². The van der Waals surface area contributed by atoms with Crippen molar-refractivity contribution in [2.45, 2.75) is 25.9 Å². The summed E-state index contributed by atoms with van der Waals surface area (Å²) < 4.78 is 5.34. The zero-order valence-corrected chi connectivity index (χ0v) is 13.1. The minimum Gasteiger partial charge on any atom is -0.494 e. The van der Waals surface area contributed by atoms with Crippen LogP contribution in [0.5, 0.6) is 5.75 Å². The van der Waals surface area contributed by atoms with E-state index < -0.39 is 11.9 Å². The highest BCUT2D eigenvalue weighted by Crippen LogP contribution is 2.13. The first kappa shape index (κ1) is 19.2. The average Bonchev–Trinajstić information content (AvgIpc) is 2.39. The molecule has 1 aromatic carbocycles. The van der Waals surface area contributed by atoms with Crippen LogP contribution >= 0.6 is 12.4 Å². The molecule has 2 amide bonds. The van der Waals surface area contributed by atoms with Crippen LogP contribution in [0.25, 0.3) is 0 Å². The molecule has 0 radical (unpaired) electrons. The van der Waals surface area contributed by atoms with Crippen LogP contribution in [0.2, 0.25) is 0 Å². The Hall–Kier alpha value is -1.79. The average molecular weight is 316 g/mol. The van der Waals surface area contributed by atoms with Gasteiger partial charge in [0.05, 0.1) is 19.1 Å². The summed E-state index contributed by atoms with van der Waals surface area (Å²) >= 11 is 0. The highest BCUT2D eigenvalue weighted by Gasteiger charge is 2.19. The van der Waals surface area contributed by atoms with E-state index in [0.717, 1.165) is 11.3 Å². The monoisotopic (exact) mass is 315 g/mol. The Kier molecular flexibility index (Phi) is 8.42. The number of carbonyl (C=O) groups excluding carboxylic acids is 2. The predicted octanol–water partition coefficient (Wildman–Crippen LogP) is 0.668. The number of halogens is 1. The van der Waals surface area contributed by atoms with Crippen molar-refractivity contribution in [2.24, 2.45) is 11.5 Å². The van der Waals surface area contributed by atoms with Gasteiger partial charge in [-0.1, -0.05) is 12.1 Å². The van der Waals surface area contributed by atoms with E-state index in [1.807, 2.05) is 31.2 Å². The number of ether oxygens (including phenoxy) is 1. The lowest BCUT2D eigenvalue weighted by Gasteiger charge is -2.20. The zero-order valence-electron chi connectivity index (χ0n) is 12.2. The summed E-state index contributed by atoms with van der Waals surface area (Å²) in [4.78, 5) is 24.1. The van der Waals surface area contributed by atoms with Gasteiger partial charge in [0.2, 0.25) is 11.8 Å². The lowest BCUT2D eigenvalue weighted by molar-refractivity contribution is -0.133. The highest BCUT2D eigenvalue weighted by molar-refractivity contribution is 5.87. The van der Waals surface area contributed by atoms with Gasteiger partial charge in [-0.05, 0) is 24.6 Å². The van der Waals surface area contributed by atoms with Crippen molar-refractivity contribution in [3.05, 3.63) is 29.8 Å². The summed E-state index contributed by atoms with van der Waals surface area (Å²) in [7, 11) is 1.64. The van der Waals surface area contributed by atoms with Crippen molar-refractivity contribution in [1.82, 2.24) is 4.90 Å². The Morgan fingerprint density at radius 2 is 1.86 bits per heavy atom. The molecule has 0 aliphatic rings. The van der Waals surface area contributed by atoms with Crippen molar-refractivity contribution in [1.29, 1.82) is 0 Å². The molecule has 0 spiro atoms. The van der Waals surface area contributed by atoms with Crippen LogP contribution in [0.4, 0.5) is 0 Å². The zero-order chi connectivity index (χ0) is 15.1. The molecule has 0 aliphatic carbocycles. The molecular formula is C14H22ClN3O3. The number of benzene rings is 1. The molecular weight excluding hydrogens is 294 g/mol. The van der Waals surface area contributed by atoms with Crippen molar-refractivity contribution < 1.29 is 14.3 Å². The molecule has 6 nitrogen and oxygen atoms in total. The standard InChI is InChI=1S/C14H21N3O3.ClH/c1-3-20-11-6-4-10(5-7-11)9-17(2)14(19)12(15)8-13(16)18;/h4-7,12H,3,8-9,15H2,1-2H3,(H2,16,18);1H. The van der Waals surface area contributed by atoms with Gasteiger partial charge >= 0.3 is 0 Å². The predicted molar refractivity (Wildman–Crippen MR) is 83.1 cm³/mol. The van der Waals surface area contributed by atoms with Crippen LogP contribution in [0.3, 0.4) is 0 Å². The number of rotatable bonds is 7. The molecule has 1 atom stereocenters. The van der Waals surface area contributed by atoms with Crippen molar-refractivity contribution in [3.63, 3.8) is 0 Å². The normalized spacial score (nSPS) is 11.2. The van der Waals surface area contributed by atoms with E-state index in [9.17, 15) is 9.59 Å². The van der Waals surface area contributed by atoms with Gasteiger partial charge < -0.3 is 21.1 Å². The van der Waals surface area contributed by atoms with Crippen LogP contribution in [0, 0.1) is 0 Å². The minimum atomic E-state index is -0.889. The Morgan fingerprint density at radius 3 is 2.33 bits per heavy atom. The van der Waals surface area contributed by atoms with E-state index in [0.29, 0.717) is 13.2 Å². The molecule has 7 heteroatoms. The SMILES string of the molecule is CCOc1ccc(CN(C)C(=O)C(N)CC(N)=O)cc1.Cl.